The van der Waals surface area contributed by atoms with Crippen molar-refractivity contribution in [3.8, 4) is 0 Å². The van der Waals surface area contributed by atoms with Gasteiger partial charge in [0.15, 0.2) is 0 Å². The maximum absolute atomic E-state index is 9.56. The molecule has 1 aliphatic carbocycles. The fourth-order valence-corrected chi connectivity index (χ4v) is 1.37. The number of rotatable bonds is 3. The second-order valence-corrected chi connectivity index (χ2v) is 3.60. The third kappa shape index (κ3) is 2.43. The van der Waals surface area contributed by atoms with Crippen molar-refractivity contribution >= 4 is 6.08 Å². The summed E-state index contributed by atoms with van der Waals surface area (Å²) in [7, 11) is 0. The molecule has 1 atom stereocenters. The van der Waals surface area contributed by atoms with Gasteiger partial charge < -0.3 is 5.11 Å². The zero-order valence-corrected chi connectivity index (χ0v) is 7.56. The maximum atomic E-state index is 9.56. The van der Waals surface area contributed by atoms with Crippen molar-refractivity contribution in [1.29, 1.82) is 0 Å². The van der Waals surface area contributed by atoms with Crippen molar-refractivity contribution < 1.29 is 5.11 Å². The lowest BCUT2D eigenvalue weighted by Gasteiger charge is -2.00. The zero-order valence-electron chi connectivity index (χ0n) is 7.56. The molecule has 0 amide bonds. The SMILES string of the molecule is OC(/C=C/c1ccccc1)C1CC1. The average Bonchev–Trinajstić information content (AvgIpc) is 2.99. The lowest BCUT2D eigenvalue weighted by molar-refractivity contribution is 0.200. The monoisotopic (exact) mass is 174 g/mol. The minimum atomic E-state index is -0.236. The molecule has 0 heterocycles. The van der Waals surface area contributed by atoms with E-state index in [-0.39, 0.29) is 6.10 Å². The highest BCUT2D eigenvalue weighted by Crippen LogP contribution is 2.33. The van der Waals surface area contributed by atoms with E-state index in [1.807, 2.05) is 42.5 Å². The van der Waals surface area contributed by atoms with E-state index >= 15 is 0 Å². The number of aliphatic hydroxyl groups is 1. The van der Waals surface area contributed by atoms with Crippen molar-refractivity contribution in [3.63, 3.8) is 0 Å². The van der Waals surface area contributed by atoms with Crippen LogP contribution in [-0.4, -0.2) is 11.2 Å². The van der Waals surface area contributed by atoms with Crippen LogP contribution in [0.5, 0.6) is 0 Å². The van der Waals surface area contributed by atoms with Crippen molar-refractivity contribution in [2.24, 2.45) is 5.92 Å². The van der Waals surface area contributed by atoms with Crippen LogP contribution in [0.2, 0.25) is 0 Å². The molecule has 0 radical (unpaired) electrons. The molecule has 0 aromatic heterocycles. The lowest BCUT2D eigenvalue weighted by atomic mass is 10.1. The summed E-state index contributed by atoms with van der Waals surface area (Å²) in [6, 6.07) is 10.1. The number of hydrogen-bond donors (Lipinski definition) is 1. The molecule has 13 heavy (non-hydrogen) atoms. The van der Waals surface area contributed by atoms with E-state index in [1.54, 1.807) is 0 Å². The van der Waals surface area contributed by atoms with Gasteiger partial charge in [-0.1, -0.05) is 42.5 Å². The molecule has 1 nitrogen and oxygen atoms in total. The predicted octanol–water partition coefficient (Wildman–Crippen LogP) is 2.47. The van der Waals surface area contributed by atoms with Crippen LogP contribution in [0.4, 0.5) is 0 Å². The molecule has 1 N–H and O–H groups in total. The molecule has 1 fully saturated rings. The quantitative estimate of drug-likeness (QED) is 0.746. The minimum Gasteiger partial charge on any atom is -0.389 e. The first kappa shape index (κ1) is 8.52. The third-order valence-electron chi connectivity index (χ3n) is 2.39. The van der Waals surface area contributed by atoms with E-state index in [0.29, 0.717) is 5.92 Å². The molecule has 1 aromatic carbocycles. The van der Waals surface area contributed by atoms with Crippen LogP contribution >= 0.6 is 0 Å². The molecule has 1 aromatic rings. The van der Waals surface area contributed by atoms with Gasteiger partial charge in [-0.15, -0.1) is 0 Å². The molecular weight excluding hydrogens is 160 g/mol. The maximum Gasteiger partial charge on any atom is 0.0752 e. The number of aliphatic hydroxyl groups excluding tert-OH is 1. The first-order valence-corrected chi connectivity index (χ1v) is 4.77. The molecule has 0 bridgehead atoms. The lowest BCUT2D eigenvalue weighted by Crippen LogP contribution is -2.03. The van der Waals surface area contributed by atoms with Gasteiger partial charge in [0.1, 0.15) is 0 Å². The van der Waals surface area contributed by atoms with E-state index in [2.05, 4.69) is 0 Å². The molecule has 1 unspecified atom stereocenters. The van der Waals surface area contributed by atoms with Gasteiger partial charge in [0, 0.05) is 0 Å². The molecule has 0 saturated heterocycles. The van der Waals surface area contributed by atoms with E-state index in [0.717, 1.165) is 5.56 Å². The third-order valence-corrected chi connectivity index (χ3v) is 2.39. The van der Waals surface area contributed by atoms with E-state index < -0.39 is 0 Å². The first-order valence-electron chi connectivity index (χ1n) is 4.77. The normalized spacial score (nSPS) is 19.2. The van der Waals surface area contributed by atoms with Crippen LogP contribution in [0.3, 0.4) is 0 Å². The van der Waals surface area contributed by atoms with Gasteiger partial charge in [-0.2, -0.15) is 0 Å². The second-order valence-electron chi connectivity index (χ2n) is 3.60. The molecular formula is C12H14O. The molecule has 1 saturated carbocycles. The van der Waals surface area contributed by atoms with Gasteiger partial charge in [0.05, 0.1) is 6.10 Å². The van der Waals surface area contributed by atoms with Crippen molar-refractivity contribution in [1.82, 2.24) is 0 Å². The molecule has 1 aliphatic rings. The Bertz CT molecular complexity index is 285. The highest BCUT2D eigenvalue weighted by Gasteiger charge is 2.27. The van der Waals surface area contributed by atoms with Crippen molar-refractivity contribution in [2.45, 2.75) is 18.9 Å². The summed E-state index contributed by atoms with van der Waals surface area (Å²) < 4.78 is 0. The van der Waals surface area contributed by atoms with Crippen LogP contribution in [-0.2, 0) is 0 Å². The molecule has 0 aliphatic heterocycles. The fourth-order valence-electron chi connectivity index (χ4n) is 1.37. The fraction of sp³-hybridized carbons (Fsp3) is 0.333. The van der Waals surface area contributed by atoms with E-state index in [1.165, 1.54) is 12.8 Å². The standard InChI is InChI=1S/C12H14O/c13-12(11-7-8-11)9-6-10-4-2-1-3-5-10/h1-6,9,11-13H,7-8H2/b9-6+. The van der Waals surface area contributed by atoms with Crippen LogP contribution in [0.15, 0.2) is 36.4 Å². The topological polar surface area (TPSA) is 20.2 Å². The van der Waals surface area contributed by atoms with Gasteiger partial charge in [-0.05, 0) is 24.3 Å². The molecule has 2 rings (SSSR count). The Hall–Kier alpha value is -1.08. The van der Waals surface area contributed by atoms with Gasteiger partial charge in [-0.3, -0.25) is 0 Å². The van der Waals surface area contributed by atoms with Gasteiger partial charge in [-0.25, -0.2) is 0 Å². The van der Waals surface area contributed by atoms with Gasteiger partial charge in [0.2, 0.25) is 0 Å². The van der Waals surface area contributed by atoms with Crippen molar-refractivity contribution in [2.75, 3.05) is 0 Å². The average molecular weight is 174 g/mol. The smallest absolute Gasteiger partial charge is 0.0752 e. The summed E-state index contributed by atoms with van der Waals surface area (Å²) in [5, 5.41) is 9.56. The minimum absolute atomic E-state index is 0.236. The van der Waals surface area contributed by atoms with Gasteiger partial charge in [0.25, 0.3) is 0 Å². The Morgan fingerprint density at radius 2 is 1.92 bits per heavy atom. The van der Waals surface area contributed by atoms with Crippen LogP contribution < -0.4 is 0 Å². The Balaban J connectivity index is 1.96. The highest BCUT2D eigenvalue weighted by atomic mass is 16.3. The Morgan fingerprint density at radius 1 is 1.23 bits per heavy atom. The zero-order chi connectivity index (χ0) is 9.10. The summed E-state index contributed by atoms with van der Waals surface area (Å²) in [5.41, 5.74) is 1.15. The molecule has 68 valence electrons. The summed E-state index contributed by atoms with van der Waals surface area (Å²) in [5.74, 6) is 0.528. The largest absolute Gasteiger partial charge is 0.389 e. The number of hydrogen-bond acceptors (Lipinski definition) is 1. The summed E-state index contributed by atoms with van der Waals surface area (Å²) in [6.45, 7) is 0. The Kier molecular flexibility index (Phi) is 2.46. The van der Waals surface area contributed by atoms with E-state index in [4.69, 9.17) is 0 Å². The van der Waals surface area contributed by atoms with Crippen LogP contribution in [0, 0.1) is 5.92 Å². The molecule has 1 heteroatoms. The first-order chi connectivity index (χ1) is 6.36. The molecule has 0 spiro atoms. The van der Waals surface area contributed by atoms with Crippen LogP contribution in [0.1, 0.15) is 18.4 Å². The highest BCUT2D eigenvalue weighted by molar-refractivity contribution is 5.49. The Labute approximate surface area is 78.7 Å². The summed E-state index contributed by atoms with van der Waals surface area (Å²) in [4.78, 5) is 0. The Morgan fingerprint density at radius 3 is 2.54 bits per heavy atom. The second kappa shape index (κ2) is 3.75. The van der Waals surface area contributed by atoms with Crippen LogP contribution in [0.25, 0.3) is 6.08 Å². The van der Waals surface area contributed by atoms with Gasteiger partial charge >= 0.3 is 0 Å². The predicted molar refractivity (Wildman–Crippen MR) is 54.2 cm³/mol. The summed E-state index contributed by atoms with van der Waals surface area (Å²) >= 11 is 0. The summed E-state index contributed by atoms with van der Waals surface area (Å²) in [6.07, 6.45) is 6.01. The van der Waals surface area contributed by atoms with E-state index in [9.17, 15) is 5.11 Å². The number of benzene rings is 1. The van der Waals surface area contributed by atoms with Crippen molar-refractivity contribution in [3.05, 3.63) is 42.0 Å².